The van der Waals surface area contributed by atoms with E-state index in [0.29, 0.717) is 35.5 Å². The Bertz CT molecular complexity index is 1440. The lowest BCUT2D eigenvalue weighted by atomic mass is 10.1. The van der Waals surface area contributed by atoms with E-state index in [-0.39, 0.29) is 17.2 Å². The molecule has 2 amide bonds. The lowest BCUT2D eigenvalue weighted by molar-refractivity contribution is -0.116. The first kappa shape index (κ1) is 24.5. The maximum atomic E-state index is 13.1. The number of methoxy groups -OCH3 is 1. The summed E-state index contributed by atoms with van der Waals surface area (Å²) in [5.41, 5.74) is 3.08. The Labute approximate surface area is 209 Å². The second-order valence-corrected chi connectivity index (χ2v) is 8.37. The predicted molar refractivity (Wildman–Crippen MR) is 140 cm³/mol. The summed E-state index contributed by atoms with van der Waals surface area (Å²) in [6.07, 6.45) is 0.877. The van der Waals surface area contributed by atoms with Crippen LogP contribution in [0.5, 0.6) is 5.75 Å². The number of nitrogens with zero attached hydrogens (tertiary/aromatic N) is 2. The Kier molecular flexibility index (Phi) is 7.34. The number of anilines is 2. The summed E-state index contributed by atoms with van der Waals surface area (Å²) in [5, 5.41) is 5.58. The van der Waals surface area contributed by atoms with Crippen LogP contribution in [0.1, 0.15) is 28.0 Å². The van der Waals surface area contributed by atoms with E-state index in [2.05, 4.69) is 10.6 Å². The smallest absolute Gasteiger partial charge is 0.295 e. The summed E-state index contributed by atoms with van der Waals surface area (Å²) in [7, 11) is 3.37. The quantitative estimate of drug-likeness (QED) is 0.390. The highest BCUT2D eigenvalue weighted by Gasteiger charge is 2.19. The molecule has 0 aliphatic rings. The molecule has 1 heterocycles. The summed E-state index contributed by atoms with van der Waals surface area (Å²) in [6, 6.07) is 23.4. The fourth-order valence-electron chi connectivity index (χ4n) is 3.91. The highest BCUT2D eigenvalue weighted by molar-refractivity contribution is 6.05. The second-order valence-electron chi connectivity index (χ2n) is 8.37. The van der Waals surface area contributed by atoms with E-state index in [9.17, 15) is 14.4 Å². The van der Waals surface area contributed by atoms with E-state index in [1.165, 1.54) is 4.68 Å². The number of benzene rings is 3. The van der Waals surface area contributed by atoms with E-state index >= 15 is 0 Å². The van der Waals surface area contributed by atoms with Gasteiger partial charge < -0.3 is 15.4 Å². The molecule has 0 fully saturated rings. The van der Waals surface area contributed by atoms with E-state index in [0.717, 1.165) is 11.3 Å². The molecule has 0 bridgehead atoms. The highest BCUT2D eigenvalue weighted by atomic mass is 16.5. The third-order valence-electron chi connectivity index (χ3n) is 6.00. The van der Waals surface area contributed by atoms with Crippen LogP contribution in [0.3, 0.4) is 0 Å². The molecule has 0 aliphatic carbocycles. The molecule has 0 unspecified atom stereocenters. The molecule has 4 rings (SSSR count). The van der Waals surface area contributed by atoms with Gasteiger partial charge in [-0.1, -0.05) is 36.4 Å². The number of carbonyl (C=O) groups is 2. The summed E-state index contributed by atoms with van der Waals surface area (Å²) < 4.78 is 8.36. The molecule has 4 aromatic rings. The van der Waals surface area contributed by atoms with E-state index in [1.807, 2.05) is 54.6 Å². The first-order chi connectivity index (χ1) is 17.4. The SMILES string of the molecule is COc1ccc(CCC(=O)Nc2cccc(C(=O)Nc3c(C)n(C)n(-c4ccccc4)c3=O)c2)cc1. The lowest BCUT2D eigenvalue weighted by Crippen LogP contribution is -2.23. The van der Waals surface area contributed by atoms with Crippen LogP contribution in [0.15, 0.2) is 83.7 Å². The molecule has 1 aromatic heterocycles. The number of nitrogens with one attached hydrogen (secondary N) is 2. The van der Waals surface area contributed by atoms with Crippen LogP contribution in [0.4, 0.5) is 11.4 Å². The van der Waals surface area contributed by atoms with Crippen molar-refractivity contribution >= 4 is 23.2 Å². The number of rotatable bonds is 8. The van der Waals surface area contributed by atoms with E-state index in [1.54, 1.807) is 50.0 Å². The molecule has 8 heteroatoms. The van der Waals surface area contributed by atoms with Gasteiger partial charge in [-0.05, 0) is 61.4 Å². The minimum Gasteiger partial charge on any atom is -0.497 e. The van der Waals surface area contributed by atoms with Crippen LogP contribution in [-0.4, -0.2) is 28.3 Å². The monoisotopic (exact) mass is 484 g/mol. The number of amides is 2. The van der Waals surface area contributed by atoms with E-state index in [4.69, 9.17) is 4.74 Å². The average molecular weight is 485 g/mol. The van der Waals surface area contributed by atoms with Gasteiger partial charge in [-0.25, -0.2) is 4.68 Å². The molecule has 36 heavy (non-hydrogen) atoms. The first-order valence-electron chi connectivity index (χ1n) is 11.6. The molecule has 3 aromatic carbocycles. The Hall–Kier alpha value is -4.59. The van der Waals surface area contributed by atoms with Gasteiger partial charge in [0.25, 0.3) is 11.5 Å². The largest absolute Gasteiger partial charge is 0.497 e. The maximum Gasteiger partial charge on any atom is 0.295 e. The zero-order chi connectivity index (χ0) is 25.7. The normalized spacial score (nSPS) is 10.6. The van der Waals surface area contributed by atoms with Gasteiger partial charge >= 0.3 is 0 Å². The molecule has 0 aliphatic heterocycles. The van der Waals surface area contributed by atoms with Gasteiger partial charge in [-0.2, -0.15) is 0 Å². The molecule has 0 atom stereocenters. The summed E-state index contributed by atoms with van der Waals surface area (Å²) in [4.78, 5) is 38.5. The Balaban J connectivity index is 1.43. The van der Waals surface area contributed by atoms with E-state index < -0.39 is 5.91 Å². The molecular weight excluding hydrogens is 456 g/mol. The minimum atomic E-state index is -0.435. The minimum absolute atomic E-state index is 0.159. The van der Waals surface area contributed by atoms with Gasteiger partial charge in [0, 0.05) is 24.7 Å². The van der Waals surface area contributed by atoms with Crippen LogP contribution in [0, 0.1) is 6.92 Å². The number of carbonyl (C=O) groups excluding carboxylic acids is 2. The summed E-state index contributed by atoms with van der Waals surface area (Å²) >= 11 is 0. The topological polar surface area (TPSA) is 94.4 Å². The first-order valence-corrected chi connectivity index (χ1v) is 11.6. The molecule has 0 saturated heterocycles. The fraction of sp³-hybridized carbons (Fsp3) is 0.179. The molecule has 0 saturated carbocycles. The van der Waals surface area contributed by atoms with Crippen molar-refractivity contribution in [3.63, 3.8) is 0 Å². The molecule has 8 nitrogen and oxygen atoms in total. The van der Waals surface area contributed by atoms with Gasteiger partial charge in [-0.3, -0.25) is 19.1 Å². The Morgan fingerprint density at radius 2 is 1.64 bits per heavy atom. The van der Waals surface area contributed by atoms with Crippen LogP contribution < -0.4 is 20.9 Å². The fourth-order valence-corrected chi connectivity index (χ4v) is 3.91. The summed E-state index contributed by atoms with van der Waals surface area (Å²) in [6.45, 7) is 1.77. The number of ether oxygens (including phenoxy) is 1. The molecule has 2 N–H and O–H groups in total. The number of hydrogen-bond donors (Lipinski definition) is 2. The van der Waals surface area contributed by atoms with Gasteiger partial charge in [0.15, 0.2) is 0 Å². The number of aryl methyl sites for hydroxylation is 1. The zero-order valence-corrected chi connectivity index (χ0v) is 20.4. The lowest BCUT2D eigenvalue weighted by Gasteiger charge is -2.08. The zero-order valence-electron chi connectivity index (χ0n) is 20.4. The Morgan fingerprint density at radius 1 is 0.917 bits per heavy atom. The third-order valence-corrected chi connectivity index (χ3v) is 6.00. The molecule has 184 valence electrons. The third kappa shape index (κ3) is 5.38. The van der Waals surface area contributed by atoms with Crippen molar-refractivity contribution in [2.45, 2.75) is 19.8 Å². The van der Waals surface area contributed by atoms with Gasteiger partial charge in [0.2, 0.25) is 5.91 Å². The van der Waals surface area contributed by atoms with Crippen LogP contribution in [-0.2, 0) is 18.3 Å². The van der Waals surface area contributed by atoms with Crippen molar-refractivity contribution in [2.75, 3.05) is 17.7 Å². The van der Waals surface area contributed by atoms with Crippen LogP contribution in [0.2, 0.25) is 0 Å². The van der Waals surface area contributed by atoms with Gasteiger partial charge in [0.1, 0.15) is 11.4 Å². The van der Waals surface area contributed by atoms with Crippen LogP contribution in [0.25, 0.3) is 5.69 Å². The average Bonchev–Trinajstić information content (AvgIpc) is 3.11. The van der Waals surface area contributed by atoms with Crippen molar-refractivity contribution in [1.82, 2.24) is 9.36 Å². The van der Waals surface area contributed by atoms with Gasteiger partial charge in [0.05, 0.1) is 18.5 Å². The van der Waals surface area contributed by atoms with Crippen LogP contribution >= 0.6 is 0 Å². The number of para-hydroxylation sites is 1. The predicted octanol–water partition coefficient (Wildman–Crippen LogP) is 4.32. The highest BCUT2D eigenvalue weighted by Crippen LogP contribution is 2.18. The second kappa shape index (κ2) is 10.8. The van der Waals surface area contributed by atoms with Crippen molar-refractivity contribution in [3.8, 4) is 11.4 Å². The van der Waals surface area contributed by atoms with Crippen molar-refractivity contribution in [1.29, 1.82) is 0 Å². The number of aromatic nitrogens is 2. The standard InChI is InChI=1S/C28H28N4O4/c1-19-26(28(35)32(31(19)2)23-10-5-4-6-11-23)30-27(34)21-8-7-9-22(18-21)29-25(33)17-14-20-12-15-24(36-3)16-13-20/h4-13,15-16,18H,14,17H2,1-3H3,(H,29,33)(H,30,34). The molecule has 0 radical (unpaired) electrons. The van der Waals surface area contributed by atoms with Gasteiger partial charge in [-0.15, -0.1) is 0 Å². The Morgan fingerprint density at radius 3 is 2.33 bits per heavy atom. The summed E-state index contributed by atoms with van der Waals surface area (Å²) in [5.74, 6) is 0.173. The number of hydrogen-bond acceptors (Lipinski definition) is 4. The maximum absolute atomic E-state index is 13.1. The molecule has 0 spiro atoms. The van der Waals surface area contributed by atoms with Crippen molar-refractivity contribution < 1.29 is 14.3 Å². The van der Waals surface area contributed by atoms with Crippen molar-refractivity contribution in [3.05, 3.63) is 106 Å². The van der Waals surface area contributed by atoms with Crippen molar-refractivity contribution in [2.24, 2.45) is 7.05 Å². The molecular formula is C28H28N4O4.